The van der Waals surface area contributed by atoms with Crippen LogP contribution < -0.4 is 0 Å². The lowest BCUT2D eigenvalue weighted by atomic mass is 9.95. The number of benzene rings is 1. The molecule has 0 radical (unpaired) electrons. The lowest BCUT2D eigenvalue weighted by Gasteiger charge is -2.33. The fourth-order valence-electron chi connectivity index (χ4n) is 1.81. The molecule has 0 spiro atoms. The zero-order valence-electron chi connectivity index (χ0n) is 8.91. The monoisotopic (exact) mass is 218 g/mol. The molecule has 16 heavy (non-hydrogen) atoms. The third-order valence-electron chi connectivity index (χ3n) is 2.66. The second-order valence-corrected chi connectivity index (χ2v) is 3.70. The normalized spacial score (nSPS) is 29.6. The molecule has 1 heterocycles. The number of hydrogen-bond acceptors (Lipinski definition) is 3. The van der Waals surface area contributed by atoms with Crippen LogP contribution in [0, 0.1) is 5.92 Å². The molecule has 0 bridgehead atoms. The molecule has 0 N–H and O–H groups in total. The molecular weight excluding hydrogens is 204 g/mol. The number of ether oxygens (including phenoxy) is 2. The highest BCUT2D eigenvalue weighted by atomic mass is 16.7. The van der Waals surface area contributed by atoms with Gasteiger partial charge in [0.2, 0.25) is 6.29 Å². The Morgan fingerprint density at radius 1 is 1.31 bits per heavy atom. The van der Waals surface area contributed by atoms with E-state index in [9.17, 15) is 4.79 Å². The Morgan fingerprint density at radius 3 is 2.69 bits per heavy atom. The molecule has 3 heteroatoms. The molecule has 0 aromatic heterocycles. The number of aldehydes is 1. The summed E-state index contributed by atoms with van der Waals surface area (Å²) >= 11 is 0. The predicted molar refractivity (Wildman–Crippen MR) is 59.8 cm³/mol. The van der Waals surface area contributed by atoms with E-state index in [4.69, 9.17) is 9.47 Å². The molecule has 3 unspecified atom stereocenters. The molecule has 1 aliphatic heterocycles. The van der Waals surface area contributed by atoms with Gasteiger partial charge in [0.1, 0.15) is 0 Å². The second kappa shape index (κ2) is 5.05. The van der Waals surface area contributed by atoms with Gasteiger partial charge in [-0.1, -0.05) is 36.4 Å². The van der Waals surface area contributed by atoms with E-state index in [2.05, 4.69) is 6.58 Å². The van der Waals surface area contributed by atoms with Gasteiger partial charge in [-0.25, -0.2) is 0 Å². The third-order valence-corrected chi connectivity index (χ3v) is 2.66. The Labute approximate surface area is 94.7 Å². The lowest BCUT2D eigenvalue weighted by molar-refractivity contribution is -0.217. The average molecular weight is 218 g/mol. The first-order valence-corrected chi connectivity index (χ1v) is 5.25. The van der Waals surface area contributed by atoms with E-state index in [0.717, 1.165) is 5.56 Å². The van der Waals surface area contributed by atoms with Crippen molar-refractivity contribution in [2.24, 2.45) is 5.92 Å². The van der Waals surface area contributed by atoms with Gasteiger partial charge in [-0.3, -0.25) is 4.79 Å². The Kier molecular flexibility index (Phi) is 3.49. The van der Waals surface area contributed by atoms with Crippen molar-refractivity contribution in [2.75, 3.05) is 6.61 Å². The quantitative estimate of drug-likeness (QED) is 0.575. The van der Waals surface area contributed by atoms with E-state index in [1.54, 1.807) is 6.08 Å². The van der Waals surface area contributed by atoms with Gasteiger partial charge in [0.15, 0.2) is 6.29 Å². The molecule has 0 saturated carbocycles. The zero-order valence-corrected chi connectivity index (χ0v) is 8.91. The molecule has 3 atom stereocenters. The summed E-state index contributed by atoms with van der Waals surface area (Å²) in [6, 6.07) is 9.81. The third kappa shape index (κ3) is 2.21. The summed E-state index contributed by atoms with van der Waals surface area (Å²) in [5.74, 6) is 0.0820. The van der Waals surface area contributed by atoms with E-state index in [-0.39, 0.29) is 12.0 Å². The van der Waals surface area contributed by atoms with E-state index >= 15 is 0 Å². The maximum atomic E-state index is 10.7. The molecule has 3 nitrogen and oxygen atoms in total. The van der Waals surface area contributed by atoms with Gasteiger partial charge in [-0.05, 0) is 5.56 Å². The van der Waals surface area contributed by atoms with E-state index < -0.39 is 6.29 Å². The molecule has 0 aliphatic carbocycles. The molecule has 1 saturated heterocycles. The van der Waals surface area contributed by atoms with Gasteiger partial charge in [0.05, 0.1) is 12.7 Å². The molecular formula is C13H14O3. The van der Waals surface area contributed by atoms with Crippen LogP contribution >= 0.6 is 0 Å². The van der Waals surface area contributed by atoms with Crippen LogP contribution in [0.5, 0.6) is 0 Å². The van der Waals surface area contributed by atoms with Crippen molar-refractivity contribution in [1.29, 1.82) is 0 Å². The summed E-state index contributed by atoms with van der Waals surface area (Å²) in [7, 11) is 0. The van der Waals surface area contributed by atoms with Gasteiger partial charge in [0.25, 0.3) is 0 Å². The predicted octanol–water partition coefficient (Wildman–Crippen LogP) is 2.10. The topological polar surface area (TPSA) is 35.5 Å². The van der Waals surface area contributed by atoms with Crippen LogP contribution in [0.15, 0.2) is 43.0 Å². The number of rotatable bonds is 3. The maximum absolute atomic E-state index is 10.7. The van der Waals surface area contributed by atoms with Gasteiger partial charge < -0.3 is 9.47 Å². The van der Waals surface area contributed by atoms with E-state index in [1.165, 1.54) is 0 Å². The van der Waals surface area contributed by atoms with E-state index in [1.807, 2.05) is 30.3 Å². The Bertz CT molecular complexity index is 361. The minimum atomic E-state index is -0.763. The highest BCUT2D eigenvalue weighted by molar-refractivity contribution is 5.54. The second-order valence-electron chi connectivity index (χ2n) is 3.70. The highest BCUT2D eigenvalue weighted by Crippen LogP contribution is 2.32. The smallest absolute Gasteiger partial charge is 0.215 e. The first kappa shape index (κ1) is 11.0. The summed E-state index contributed by atoms with van der Waals surface area (Å²) in [4.78, 5) is 10.7. The summed E-state index contributed by atoms with van der Waals surface area (Å²) in [6.07, 6.45) is 1.57. The zero-order chi connectivity index (χ0) is 11.4. The number of carbonyl (C=O) groups is 1. The molecule has 1 fully saturated rings. The molecule has 84 valence electrons. The molecule has 0 amide bonds. The molecule has 1 aromatic carbocycles. The maximum Gasteiger partial charge on any atom is 0.215 e. The SMILES string of the molecule is C=CC1COC(C=O)OC1c1ccccc1. The Balaban J connectivity index is 2.21. The largest absolute Gasteiger partial charge is 0.345 e. The van der Waals surface area contributed by atoms with Crippen LogP contribution in [0.2, 0.25) is 0 Å². The minimum Gasteiger partial charge on any atom is -0.345 e. The summed E-state index contributed by atoms with van der Waals surface area (Å²) in [5, 5.41) is 0. The highest BCUT2D eigenvalue weighted by Gasteiger charge is 2.30. The van der Waals surface area contributed by atoms with Gasteiger partial charge in [-0.15, -0.1) is 6.58 Å². The van der Waals surface area contributed by atoms with Crippen molar-refractivity contribution in [1.82, 2.24) is 0 Å². The standard InChI is InChI=1S/C13H14O3/c1-2-10-9-15-12(8-14)16-13(10)11-6-4-3-5-7-11/h2-8,10,12-13H,1,9H2. The van der Waals surface area contributed by atoms with Crippen LogP contribution in [0.4, 0.5) is 0 Å². The van der Waals surface area contributed by atoms with Crippen LogP contribution in [0.1, 0.15) is 11.7 Å². The molecule has 2 rings (SSSR count). The van der Waals surface area contributed by atoms with Crippen molar-refractivity contribution in [3.05, 3.63) is 48.6 Å². The van der Waals surface area contributed by atoms with Gasteiger partial charge in [0, 0.05) is 5.92 Å². The van der Waals surface area contributed by atoms with Crippen molar-refractivity contribution >= 4 is 6.29 Å². The Morgan fingerprint density at radius 2 is 2.06 bits per heavy atom. The molecule has 1 aromatic rings. The Hall–Kier alpha value is -1.45. The number of carbonyl (C=O) groups excluding carboxylic acids is 1. The summed E-state index contributed by atoms with van der Waals surface area (Å²) in [5.41, 5.74) is 1.04. The molecule has 1 aliphatic rings. The summed E-state index contributed by atoms with van der Waals surface area (Å²) in [6.45, 7) is 4.23. The first-order chi connectivity index (χ1) is 7.85. The number of hydrogen-bond donors (Lipinski definition) is 0. The summed E-state index contributed by atoms with van der Waals surface area (Å²) < 4.78 is 10.8. The first-order valence-electron chi connectivity index (χ1n) is 5.25. The van der Waals surface area contributed by atoms with Crippen LogP contribution in [0.3, 0.4) is 0 Å². The van der Waals surface area contributed by atoms with Gasteiger partial charge >= 0.3 is 0 Å². The van der Waals surface area contributed by atoms with E-state index in [0.29, 0.717) is 12.9 Å². The van der Waals surface area contributed by atoms with Crippen LogP contribution in [-0.4, -0.2) is 19.2 Å². The van der Waals surface area contributed by atoms with Crippen molar-refractivity contribution in [3.8, 4) is 0 Å². The fourth-order valence-corrected chi connectivity index (χ4v) is 1.81. The minimum absolute atomic E-state index is 0.0820. The fraction of sp³-hybridized carbons (Fsp3) is 0.308. The average Bonchev–Trinajstić information content (AvgIpc) is 2.39. The lowest BCUT2D eigenvalue weighted by Crippen LogP contribution is -2.34. The van der Waals surface area contributed by atoms with Crippen molar-refractivity contribution in [3.63, 3.8) is 0 Å². The van der Waals surface area contributed by atoms with Crippen LogP contribution in [0.25, 0.3) is 0 Å². The van der Waals surface area contributed by atoms with Crippen molar-refractivity contribution in [2.45, 2.75) is 12.4 Å². The van der Waals surface area contributed by atoms with Crippen LogP contribution in [-0.2, 0) is 14.3 Å². The van der Waals surface area contributed by atoms with Crippen molar-refractivity contribution < 1.29 is 14.3 Å². The van der Waals surface area contributed by atoms with Gasteiger partial charge in [-0.2, -0.15) is 0 Å².